The number of hydrogen-bond donors (Lipinski definition) is 0. The lowest BCUT2D eigenvalue weighted by atomic mass is 9.88. The molecule has 3 aromatic carbocycles. The van der Waals surface area contributed by atoms with Crippen molar-refractivity contribution in [1.29, 1.82) is 0 Å². The third-order valence-corrected chi connectivity index (χ3v) is 7.42. The summed E-state index contributed by atoms with van der Waals surface area (Å²) in [6, 6.07) is 30.6. The zero-order chi connectivity index (χ0) is 19.3. The first-order chi connectivity index (χ1) is 13.0. The van der Waals surface area contributed by atoms with Crippen LogP contribution in [0.25, 0.3) is 0 Å². The molecule has 0 spiro atoms. The van der Waals surface area contributed by atoms with Crippen LogP contribution in [0.1, 0.15) is 33.3 Å². The van der Waals surface area contributed by atoms with Crippen molar-refractivity contribution < 1.29 is 0 Å². The van der Waals surface area contributed by atoms with Gasteiger partial charge in [0.15, 0.2) is 0 Å². The molecule has 0 N–H and O–H groups in total. The summed E-state index contributed by atoms with van der Waals surface area (Å²) in [6.07, 6.45) is 2.08. The predicted octanol–water partition coefficient (Wildman–Crippen LogP) is 5.30. The molecular weight excluding hydrogens is 345 g/mol. The van der Waals surface area contributed by atoms with Crippen molar-refractivity contribution in [2.24, 2.45) is 10.4 Å². The van der Waals surface area contributed by atoms with E-state index in [1.807, 2.05) is 0 Å². The van der Waals surface area contributed by atoms with E-state index in [2.05, 4.69) is 119 Å². The Morgan fingerprint density at radius 1 is 0.741 bits per heavy atom. The van der Waals surface area contributed by atoms with E-state index >= 15 is 0 Å². The molecule has 0 radical (unpaired) electrons. The summed E-state index contributed by atoms with van der Waals surface area (Å²) in [5.41, 5.74) is 1.38. The average molecular weight is 373 g/mol. The van der Waals surface area contributed by atoms with Gasteiger partial charge >= 0.3 is 0 Å². The summed E-state index contributed by atoms with van der Waals surface area (Å²) < 4.78 is 0. The molecule has 1 nitrogen and oxygen atoms in total. The van der Waals surface area contributed by atoms with Crippen LogP contribution in [-0.2, 0) is 0 Å². The average Bonchev–Trinajstić information content (AvgIpc) is 2.68. The molecular formula is C25H28NP. The lowest BCUT2D eigenvalue weighted by molar-refractivity contribution is 0.342. The third-order valence-electron chi connectivity index (χ3n) is 4.90. The highest BCUT2D eigenvalue weighted by atomic mass is 31.1. The summed E-state index contributed by atoms with van der Waals surface area (Å²) in [5.74, 6) is 0. The Hall–Kier alpha value is -2.24. The number of nitrogens with zero attached hydrogens (tertiary/aromatic N) is 1. The molecule has 27 heavy (non-hydrogen) atoms. The summed E-state index contributed by atoms with van der Waals surface area (Å²) in [5, 5.41) is 4.08. The molecule has 0 aliphatic rings. The lowest BCUT2D eigenvalue weighted by Crippen LogP contribution is -2.24. The van der Waals surface area contributed by atoms with Gasteiger partial charge in [-0.05, 0) is 36.2 Å². The van der Waals surface area contributed by atoms with Gasteiger partial charge in [-0.25, -0.2) is 0 Å². The van der Waals surface area contributed by atoms with E-state index in [1.54, 1.807) is 0 Å². The fourth-order valence-corrected chi connectivity index (χ4v) is 5.22. The predicted molar refractivity (Wildman–Crippen MR) is 122 cm³/mol. The Balaban J connectivity index is 2.08. The molecule has 0 aromatic heterocycles. The van der Waals surface area contributed by atoms with E-state index in [9.17, 15) is 0 Å². The van der Waals surface area contributed by atoms with E-state index in [0.29, 0.717) is 0 Å². The summed E-state index contributed by atoms with van der Waals surface area (Å²) in [4.78, 5) is 4.88. The molecule has 0 bridgehead atoms. The first-order valence-electron chi connectivity index (χ1n) is 9.49. The van der Waals surface area contributed by atoms with Crippen LogP contribution in [0, 0.1) is 5.41 Å². The first kappa shape index (κ1) is 19.5. The maximum atomic E-state index is 4.88. The van der Waals surface area contributed by atoms with Crippen molar-refractivity contribution in [1.82, 2.24) is 0 Å². The lowest BCUT2D eigenvalue weighted by Gasteiger charge is -2.24. The largest absolute Gasteiger partial charge is 0.289 e. The first-order valence-corrected chi connectivity index (χ1v) is 10.8. The minimum absolute atomic E-state index is 0.162. The van der Waals surface area contributed by atoms with Gasteiger partial charge in [0.25, 0.3) is 0 Å². The van der Waals surface area contributed by atoms with Gasteiger partial charge in [0.2, 0.25) is 0 Å². The van der Waals surface area contributed by atoms with Gasteiger partial charge in [-0.1, -0.05) is 106 Å². The standard InChI is InChI=1S/C25H28NP/c1-20(25(2,3)4)26-19-21-13-11-12-18-24(21)27(22-14-7-5-8-15-22)23-16-9-6-10-17-23/h5-20H,1-4H3/t20-/m1/s1. The molecule has 0 aliphatic carbocycles. The molecule has 1 atom stereocenters. The van der Waals surface area contributed by atoms with Crippen molar-refractivity contribution in [2.75, 3.05) is 0 Å². The maximum Gasteiger partial charge on any atom is 0.0519 e. The van der Waals surface area contributed by atoms with Crippen molar-refractivity contribution in [3.05, 3.63) is 90.5 Å². The minimum Gasteiger partial charge on any atom is -0.289 e. The Bertz CT molecular complexity index is 839. The van der Waals surface area contributed by atoms with Gasteiger partial charge < -0.3 is 0 Å². The normalized spacial score (nSPS) is 13.2. The van der Waals surface area contributed by atoms with Gasteiger partial charge in [0.05, 0.1) is 6.04 Å². The zero-order valence-electron chi connectivity index (χ0n) is 16.6. The van der Waals surface area contributed by atoms with E-state index in [4.69, 9.17) is 4.99 Å². The number of rotatable bonds is 5. The van der Waals surface area contributed by atoms with Gasteiger partial charge in [0.1, 0.15) is 0 Å². The fraction of sp³-hybridized carbons (Fsp3) is 0.240. The van der Waals surface area contributed by atoms with E-state index in [1.165, 1.54) is 21.5 Å². The second-order valence-corrected chi connectivity index (χ2v) is 10.1. The van der Waals surface area contributed by atoms with Crippen LogP contribution in [0.2, 0.25) is 0 Å². The van der Waals surface area contributed by atoms with Crippen molar-refractivity contribution >= 4 is 30.0 Å². The molecule has 2 heteroatoms. The fourth-order valence-electron chi connectivity index (χ4n) is 2.80. The van der Waals surface area contributed by atoms with E-state index in [-0.39, 0.29) is 11.5 Å². The van der Waals surface area contributed by atoms with Gasteiger partial charge in [-0.3, -0.25) is 4.99 Å². The van der Waals surface area contributed by atoms with E-state index in [0.717, 1.165) is 0 Å². The number of hydrogen-bond acceptors (Lipinski definition) is 1. The molecule has 3 aromatic rings. The van der Waals surface area contributed by atoms with Gasteiger partial charge in [-0.15, -0.1) is 0 Å². The maximum absolute atomic E-state index is 4.88. The Labute approximate surface area is 164 Å². The van der Waals surface area contributed by atoms with Crippen LogP contribution in [0.5, 0.6) is 0 Å². The van der Waals surface area contributed by atoms with Crippen molar-refractivity contribution in [2.45, 2.75) is 33.7 Å². The van der Waals surface area contributed by atoms with Gasteiger partial charge in [0, 0.05) is 11.8 Å². The SMILES string of the molecule is C[C@@H](N=Cc1ccccc1P(c1ccccc1)c1ccccc1)C(C)(C)C. The summed E-state index contributed by atoms with van der Waals surface area (Å²) in [7, 11) is -0.617. The van der Waals surface area contributed by atoms with Crippen LogP contribution in [0.15, 0.2) is 89.9 Å². The van der Waals surface area contributed by atoms with Crippen molar-refractivity contribution in [3.8, 4) is 0 Å². The van der Waals surface area contributed by atoms with Gasteiger partial charge in [-0.2, -0.15) is 0 Å². The Morgan fingerprint density at radius 3 is 1.74 bits per heavy atom. The van der Waals surface area contributed by atoms with Crippen LogP contribution in [0.3, 0.4) is 0 Å². The highest BCUT2D eigenvalue weighted by Crippen LogP contribution is 2.33. The molecule has 0 heterocycles. The third kappa shape index (κ3) is 4.93. The molecule has 138 valence electrons. The second kappa shape index (κ2) is 8.63. The zero-order valence-corrected chi connectivity index (χ0v) is 17.5. The molecule has 0 saturated heterocycles. The molecule has 0 saturated carbocycles. The number of benzene rings is 3. The minimum atomic E-state index is -0.617. The highest BCUT2D eigenvalue weighted by Gasteiger charge is 2.20. The summed E-state index contributed by atoms with van der Waals surface area (Å²) in [6.45, 7) is 8.90. The molecule has 0 fully saturated rings. The quantitative estimate of drug-likeness (QED) is 0.425. The smallest absolute Gasteiger partial charge is 0.0519 e. The van der Waals surface area contributed by atoms with Crippen LogP contribution >= 0.6 is 7.92 Å². The van der Waals surface area contributed by atoms with Crippen LogP contribution in [0.4, 0.5) is 0 Å². The number of aliphatic imine (C=N–C) groups is 1. The molecule has 0 unspecified atom stereocenters. The summed E-state index contributed by atoms with van der Waals surface area (Å²) >= 11 is 0. The monoisotopic (exact) mass is 373 g/mol. The topological polar surface area (TPSA) is 12.4 Å². The molecule has 0 aliphatic heterocycles. The van der Waals surface area contributed by atoms with Crippen LogP contribution in [-0.4, -0.2) is 12.3 Å². The van der Waals surface area contributed by atoms with Crippen molar-refractivity contribution in [3.63, 3.8) is 0 Å². The second-order valence-electron chi connectivity index (χ2n) is 7.89. The molecule has 0 amide bonds. The Morgan fingerprint density at radius 2 is 1.22 bits per heavy atom. The highest BCUT2D eigenvalue weighted by molar-refractivity contribution is 7.80. The Kier molecular flexibility index (Phi) is 6.24. The molecule has 3 rings (SSSR count). The van der Waals surface area contributed by atoms with Crippen LogP contribution < -0.4 is 15.9 Å². The van der Waals surface area contributed by atoms with E-state index < -0.39 is 7.92 Å².